The van der Waals surface area contributed by atoms with Crippen molar-refractivity contribution in [3.8, 4) is 0 Å². The van der Waals surface area contributed by atoms with Gasteiger partial charge in [-0.3, -0.25) is 4.89 Å². The molecular formula is C39H76O4. The van der Waals surface area contributed by atoms with Crippen LogP contribution in [0.5, 0.6) is 0 Å². The number of hydrogen-bond donors (Lipinski definition) is 1. The summed E-state index contributed by atoms with van der Waals surface area (Å²) >= 11 is 0. The van der Waals surface area contributed by atoms with Gasteiger partial charge in [-0.15, -0.1) is 6.58 Å². The molecular weight excluding hydrogens is 532 g/mol. The van der Waals surface area contributed by atoms with Crippen LogP contribution in [0.2, 0.25) is 0 Å². The fourth-order valence-electron chi connectivity index (χ4n) is 5.98. The highest BCUT2D eigenvalue weighted by Gasteiger charge is 2.12. The van der Waals surface area contributed by atoms with Gasteiger partial charge in [0.05, 0.1) is 0 Å². The zero-order chi connectivity index (χ0) is 31.3. The number of aliphatic hydroxyl groups excluding tert-OH is 1. The van der Waals surface area contributed by atoms with Gasteiger partial charge in [-0.05, 0) is 25.7 Å². The molecule has 1 unspecified atom stereocenters. The second kappa shape index (κ2) is 37.3. The van der Waals surface area contributed by atoms with Gasteiger partial charge in [0, 0.05) is 13.0 Å². The molecule has 0 saturated carbocycles. The van der Waals surface area contributed by atoms with Crippen molar-refractivity contribution in [3.05, 3.63) is 12.7 Å². The molecule has 0 aromatic carbocycles. The van der Waals surface area contributed by atoms with Crippen LogP contribution < -0.4 is 0 Å². The highest BCUT2D eigenvalue weighted by atomic mass is 17.2. The number of hydrogen-bond acceptors (Lipinski definition) is 4. The third-order valence-electron chi connectivity index (χ3n) is 8.88. The van der Waals surface area contributed by atoms with E-state index in [0.29, 0.717) is 13.0 Å². The summed E-state index contributed by atoms with van der Waals surface area (Å²) in [6.07, 6.45) is 43.1. The third-order valence-corrected chi connectivity index (χ3v) is 8.88. The van der Waals surface area contributed by atoms with Gasteiger partial charge < -0.3 is 5.11 Å². The Hall–Kier alpha value is -0.870. The Kier molecular flexibility index (Phi) is 36.6. The molecule has 0 saturated heterocycles. The van der Waals surface area contributed by atoms with Crippen molar-refractivity contribution >= 4 is 5.97 Å². The summed E-state index contributed by atoms with van der Waals surface area (Å²) in [4.78, 5) is 22.8. The molecule has 0 fully saturated rings. The first kappa shape index (κ1) is 42.1. The van der Waals surface area contributed by atoms with Gasteiger partial charge in [0.2, 0.25) is 0 Å². The van der Waals surface area contributed by atoms with Crippen LogP contribution in [-0.2, 0) is 14.6 Å². The molecule has 0 spiro atoms. The van der Waals surface area contributed by atoms with Crippen LogP contribution in [0.3, 0.4) is 0 Å². The van der Waals surface area contributed by atoms with E-state index in [1.165, 1.54) is 167 Å². The molecule has 4 nitrogen and oxygen atoms in total. The lowest BCUT2D eigenvalue weighted by atomic mass is 10.0. The summed E-state index contributed by atoms with van der Waals surface area (Å²) in [6, 6.07) is 0. The smallest absolute Gasteiger partial charge is 0.342 e. The molecule has 0 aromatic rings. The molecule has 0 aliphatic heterocycles. The molecule has 0 aliphatic carbocycles. The molecule has 4 heteroatoms. The number of aliphatic hydroxyl groups is 1. The van der Waals surface area contributed by atoms with E-state index in [1.807, 2.05) is 6.08 Å². The summed E-state index contributed by atoms with van der Waals surface area (Å²) in [6.45, 7) is 6.48. The molecule has 1 N–H and O–H groups in total. The Morgan fingerprint density at radius 2 is 0.907 bits per heavy atom. The summed E-state index contributed by atoms with van der Waals surface area (Å²) in [5.74, 6) is -0.221. The van der Waals surface area contributed by atoms with Crippen molar-refractivity contribution in [3.63, 3.8) is 0 Å². The fraction of sp³-hybridized carbons (Fsp3) is 0.923. The van der Waals surface area contributed by atoms with Gasteiger partial charge in [-0.2, -0.15) is 4.89 Å². The van der Waals surface area contributed by atoms with E-state index in [-0.39, 0.29) is 12.1 Å². The van der Waals surface area contributed by atoms with E-state index in [2.05, 4.69) is 13.5 Å². The van der Waals surface area contributed by atoms with Gasteiger partial charge >= 0.3 is 5.97 Å². The number of unbranched alkanes of at least 4 members (excludes halogenated alkanes) is 28. The highest BCUT2D eigenvalue weighted by molar-refractivity contribution is 5.68. The molecule has 1 atom stereocenters. The lowest BCUT2D eigenvalue weighted by Crippen LogP contribution is -2.16. The van der Waals surface area contributed by atoms with Crippen molar-refractivity contribution < 1.29 is 19.7 Å². The molecule has 0 amide bonds. The maximum Gasteiger partial charge on any atom is 0.342 e. The van der Waals surface area contributed by atoms with Gasteiger partial charge in [0.1, 0.15) is 6.10 Å². The summed E-state index contributed by atoms with van der Waals surface area (Å²) in [7, 11) is 0. The quantitative estimate of drug-likeness (QED) is 0.0330. The Morgan fingerprint density at radius 3 is 1.28 bits per heavy atom. The molecule has 0 aliphatic rings. The molecule has 0 radical (unpaired) electrons. The SMILES string of the molecule is C=CCC(CCCCCCCCCCCCCCCCCO)OOC(=O)CCCCCCCCCCCCCCCCC. The van der Waals surface area contributed by atoms with E-state index >= 15 is 0 Å². The van der Waals surface area contributed by atoms with E-state index in [1.54, 1.807) is 0 Å². The highest BCUT2D eigenvalue weighted by Crippen LogP contribution is 2.17. The zero-order valence-electron chi connectivity index (χ0n) is 29.1. The van der Waals surface area contributed by atoms with Crippen molar-refractivity contribution in [2.45, 2.75) is 225 Å². The fourth-order valence-corrected chi connectivity index (χ4v) is 5.98. The van der Waals surface area contributed by atoms with Gasteiger partial charge in [-0.25, -0.2) is 4.79 Å². The van der Waals surface area contributed by atoms with Crippen molar-refractivity contribution in [1.82, 2.24) is 0 Å². The molecule has 256 valence electrons. The van der Waals surface area contributed by atoms with Crippen molar-refractivity contribution in [2.75, 3.05) is 6.61 Å². The standard InChI is InChI=1S/C39H76O4/c1-3-5-6-7-8-9-10-11-13-17-20-23-26-29-32-36-39(41)43-42-38(34-4-2)35-31-28-25-22-19-16-14-12-15-18-21-24-27-30-33-37-40/h4,38,40H,2-3,5-37H2,1H3. The van der Waals surface area contributed by atoms with Crippen LogP contribution in [0.1, 0.15) is 219 Å². The molecule has 0 bridgehead atoms. The molecule has 0 aromatic heterocycles. The van der Waals surface area contributed by atoms with Crippen LogP contribution in [0.25, 0.3) is 0 Å². The second-order valence-electron chi connectivity index (χ2n) is 13.2. The van der Waals surface area contributed by atoms with Crippen LogP contribution in [0.4, 0.5) is 0 Å². The molecule has 0 rings (SSSR count). The minimum Gasteiger partial charge on any atom is -0.396 e. The summed E-state index contributed by atoms with van der Waals surface area (Å²) < 4.78 is 0. The van der Waals surface area contributed by atoms with E-state index in [9.17, 15) is 4.79 Å². The Bertz CT molecular complexity index is 549. The van der Waals surface area contributed by atoms with Crippen LogP contribution in [0.15, 0.2) is 12.7 Å². The minimum absolute atomic E-state index is 0.0582. The van der Waals surface area contributed by atoms with E-state index in [0.717, 1.165) is 38.5 Å². The average Bonchev–Trinajstić information content (AvgIpc) is 3.01. The zero-order valence-corrected chi connectivity index (χ0v) is 29.1. The molecule has 43 heavy (non-hydrogen) atoms. The Morgan fingerprint density at radius 1 is 0.558 bits per heavy atom. The first-order chi connectivity index (χ1) is 21.2. The lowest BCUT2D eigenvalue weighted by Gasteiger charge is -2.14. The number of carbonyl (C=O) groups excluding carboxylic acids is 1. The van der Waals surface area contributed by atoms with Crippen LogP contribution in [0, 0.1) is 0 Å². The van der Waals surface area contributed by atoms with E-state index in [4.69, 9.17) is 14.9 Å². The Labute approximate surface area is 269 Å². The minimum atomic E-state index is -0.221. The summed E-state index contributed by atoms with van der Waals surface area (Å²) in [5.41, 5.74) is 0. The first-order valence-electron chi connectivity index (χ1n) is 19.3. The van der Waals surface area contributed by atoms with Gasteiger partial charge in [-0.1, -0.05) is 193 Å². The van der Waals surface area contributed by atoms with E-state index < -0.39 is 0 Å². The molecule has 0 heterocycles. The maximum absolute atomic E-state index is 12.1. The normalized spacial score (nSPS) is 12.0. The second-order valence-corrected chi connectivity index (χ2v) is 13.2. The van der Waals surface area contributed by atoms with Crippen LogP contribution in [-0.4, -0.2) is 23.8 Å². The monoisotopic (exact) mass is 609 g/mol. The third kappa shape index (κ3) is 35.5. The predicted octanol–water partition coefficient (Wildman–Crippen LogP) is 12.9. The van der Waals surface area contributed by atoms with Gasteiger partial charge in [0.25, 0.3) is 0 Å². The summed E-state index contributed by atoms with van der Waals surface area (Å²) in [5, 5.41) is 8.80. The average molecular weight is 609 g/mol. The first-order valence-corrected chi connectivity index (χ1v) is 19.3. The number of carbonyl (C=O) groups is 1. The van der Waals surface area contributed by atoms with Crippen molar-refractivity contribution in [1.29, 1.82) is 0 Å². The van der Waals surface area contributed by atoms with Gasteiger partial charge in [0.15, 0.2) is 0 Å². The number of rotatable bonds is 37. The predicted molar refractivity (Wildman–Crippen MR) is 186 cm³/mol. The maximum atomic E-state index is 12.1. The lowest BCUT2D eigenvalue weighted by molar-refractivity contribution is -0.298. The van der Waals surface area contributed by atoms with Crippen LogP contribution >= 0.6 is 0 Å². The Balaban J connectivity index is 3.48. The van der Waals surface area contributed by atoms with Crippen molar-refractivity contribution in [2.24, 2.45) is 0 Å². The topological polar surface area (TPSA) is 55.8 Å². The largest absolute Gasteiger partial charge is 0.396 e.